The van der Waals surface area contributed by atoms with Gasteiger partial charge in [-0.3, -0.25) is 19.2 Å². The van der Waals surface area contributed by atoms with E-state index in [-0.39, 0.29) is 31.7 Å². The van der Waals surface area contributed by atoms with E-state index in [9.17, 15) is 14.7 Å². The molecule has 12 heteroatoms. The van der Waals surface area contributed by atoms with Crippen LogP contribution in [-0.2, 0) is 35.1 Å². The minimum absolute atomic E-state index is 0.120. The van der Waals surface area contributed by atoms with Gasteiger partial charge in [0.25, 0.3) is 5.91 Å². The number of amides is 3. The van der Waals surface area contributed by atoms with Crippen molar-refractivity contribution in [3.63, 3.8) is 0 Å². The molecule has 3 heterocycles. The number of rotatable bonds is 17. The number of alkyl halides is 1. The summed E-state index contributed by atoms with van der Waals surface area (Å²) in [6.45, 7) is 9.14. The second-order valence-electron chi connectivity index (χ2n) is 14.7. The molecule has 6 rings (SSSR count). The molecular weight excluding hydrogens is 778 g/mol. The SMILES string of the molecule is C=CCCC(=O)N(C)[C@H](C)[C@H](OC(=O)[C@@H]1[C@H]2O[C@@]3(CC2Br)[C@H](C(=O)N(CC=C)c2ccc(OC)cc2)N([C@@H](CO)Cc2ccccc2)C(=O)[C@@H]13)c1ccccc1. The number of carbonyl (C=O) groups excluding carboxylic acids is 4. The first-order chi connectivity index (χ1) is 27.0. The molecule has 9 atom stereocenters. The molecule has 2 bridgehead atoms. The number of methoxy groups -OCH3 is 1. The number of benzene rings is 3. The van der Waals surface area contributed by atoms with Gasteiger partial charge in [-0.1, -0.05) is 88.7 Å². The quantitative estimate of drug-likeness (QED) is 0.105. The van der Waals surface area contributed by atoms with Crippen LogP contribution in [0.2, 0.25) is 0 Å². The molecule has 0 aromatic heterocycles. The van der Waals surface area contributed by atoms with Crippen LogP contribution in [0.3, 0.4) is 0 Å². The predicted molar refractivity (Wildman–Crippen MR) is 216 cm³/mol. The zero-order chi connectivity index (χ0) is 40.1. The summed E-state index contributed by atoms with van der Waals surface area (Å²) in [6.07, 6.45) is 2.90. The normalized spacial score (nSPS) is 25.1. The first-order valence-electron chi connectivity index (χ1n) is 19.0. The number of likely N-dealkylation sites (tertiary alicyclic amines) is 1. The van der Waals surface area contributed by atoms with E-state index in [1.54, 1.807) is 60.4 Å². The van der Waals surface area contributed by atoms with Crippen LogP contribution in [0.25, 0.3) is 0 Å². The molecule has 3 aromatic rings. The van der Waals surface area contributed by atoms with Gasteiger partial charge in [-0.05, 0) is 61.6 Å². The summed E-state index contributed by atoms with van der Waals surface area (Å²) < 4.78 is 18.6. The molecule has 3 fully saturated rings. The van der Waals surface area contributed by atoms with Crippen LogP contribution < -0.4 is 9.64 Å². The first kappa shape index (κ1) is 40.9. The molecule has 0 aliphatic carbocycles. The molecule has 1 unspecified atom stereocenters. The van der Waals surface area contributed by atoms with Crippen LogP contribution in [0, 0.1) is 11.8 Å². The third kappa shape index (κ3) is 7.66. The third-order valence-electron chi connectivity index (χ3n) is 11.5. The van der Waals surface area contributed by atoms with Crippen molar-refractivity contribution < 1.29 is 38.5 Å². The molecule has 56 heavy (non-hydrogen) atoms. The molecular formula is C44H50BrN3O8. The fourth-order valence-corrected chi connectivity index (χ4v) is 9.57. The number of aliphatic hydroxyl groups excluding tert-OH is 1. The molecule has 11 nitrogen and oxygen atoms in total. The van der Waals surface area contributed by atoms with Crippen molar-refractivity contribution in [3.8, 4) is 5.75 Å². The summed E-state index contributed by atoms with van der Waals surface area (Å²) >= 11 is 3.77. The van der Waals surface area contributed by atoms with Crippen molar-refractivity contribution in [3.05, 3.63) is 121 Å². The van der Waals surface area contributed by atoms with Crippen LogP contribution in [0.15, 0.2) is 110 Å². The van der Waals surface area contributed by atoms with Gasteiger partial charge < -0.3 is 34.0 Å². The van der Waals surface area contributed by atoms with E-state index in [1.165, 1.54) is 4.90 Å². The van der Waals surface area contributed by atoms with Gasteiger partial charge in [-0.25, -0.2) is 0 Å². The number of ether oxygens (including phenoxy) is 3. The zero-order valence-electron chi connectivity index (χ0n) is 32.0. The monoisotopic (exact) mass is 827 g/mol. The standard InChI is InChI=1S/C44H50BrN3O8/c1-6-8-19-35(50)46(4)28(3)38(30-17-13-10-14-18-30)55-43(53)36-37-41(51)48(32(27-49)25-29-15-11-9-12-16-29)40(44(37)26-34(45)39(36)56-44)42(52)47(24-7-2)31-20-22-33(54-5)23-21-31/h6-7,9-18,20-23,28,32,34,36-40,49H,1-2,8,19,24-27H2,3-5H3/t28-,32-,34?,36+,37-,38+,39+,40+,44-/m1/s1. The maximum absolute atomic E-state index is 15.2. The summed E-state index contributed by atoms with van der Waals surface area (Å²) in [5.74, 6) is -3.26. The van der Waals surface area contributed by atoms with Gasteiger partial charge in [-0.15, -0.1) is 13.2 Å². The fraction of sp³-hybridized carbons (Fsp3) is 0.409. The molecule has 0 saturated carbocycles. The summed E-state index contributed by atoms with van der Waals surface area (Å²) in [7, 11) is 3.24. The van der Waals surface area contributed by atoms with Crippen LogP contribution in [0.1, 0.15) is 43.4 Å². The van der Waals surface area contributed by atoms with E-state index in [1.807, 2.05) is 67.6 Å². The zero-order valence-corrected chi connectivity index (χ0v) is 33.6. The van der Waals surface area contributed by atoms with E-state index in [0.29, 0.717) is 23.4 Å². The lowest BCUT2D eigenvalue weighted by atomic mass is 9.70. The number of allylic oxidation sites excluding steroid dienone is 1. The summed E-state index contributed by atoms with van der Waals surface area (Å²) in [5.41, 5.74) is 0.667. The number of halogens is 1. The van der Waals surface area contributed by atoms with Crippen molar-refractivity contribution in [1.29, 1.82) is 0 Å². The summed E-state index contributed by atoms with van der Waals surface area (Å²) in [4.78, 5) is 62.4. The van der Waals surface area contributed by atoms with E-state index in [0.717, 1.165) is 5.56 Å². The Morgan fingerprint density at radius 3 is 2.30 bits per heavy atom. The van der Waals surface area contributed by atoms with Gasteiger partial charge >= 0.3 is 5.97 Å². The molecule has 3 aliphatic rings. The van der Waals surface area contributed by atoms with Gasteiger partial charge in [0.15, 0.2) is 0 Å². The molecule has 0 radical (unpaired) electrons. The molecule has 3 saturated heterocycles. The number of anilines is 1. The molecule has 3 aliphatic heterocycles. The summed E-state index contributed by atoms with van der Waals surface area (Å²) in [6, 6.07) is 23.1. The lowest BCUT2D eigenvalue weighted by Crippen LogP contribution is -2.59. The number of aliphatic hydroxyl groups is 1. The minimum Gasteiger partial charge on any atom is -0.497 e. The predicted octanol–water partition coefficient (Wildman–Crippen LogP) is 5.66. The van der Waals surface area contributed by atoms with Crippen molar-refractivity contribution >= 4 is 45.3 Å². The number of likely N-dealkylation sites (N-methyl/N-ethyl adjacent to an activating group) is 1. The number of nitrogens with zero attached hydrogens (tertiary/aromatic N) is 3. The Bertz CT molecular complexity index is 1890. The molecule has 296 valence electrons. The maximum Gasteiger partial charge on any atom is 0.313 e. The molecule has 3 amide bonds. The molecule has 1 spiro atoms. The van der Waals surface area contributed by atoms with Crippen LogP contribution >= 0.6 is 15.9 Å². The molecule has 3 aromatic carbocycles. The van der Waals surface area contributed by atoms with Gasteiger partial charge in [0.1, 0.15) is 23.5 Å². The van der Waals surface area contributed by atoms with Crippen molar-refractivity contribution in [2.24, 2.45) is 11.8 Å². The highest BCUT2D eigenvalue weighted by molar-refractivity contribution is 9.09. The lowest BCUT2D eigenvalue weighted by Gasteiger charge is -2.39. The highest BCUT2D eigenvalue weighted by Crippen LogP contribution is 2.61. The van der Waals surface area contributed by atoms with Crippen molar-refractivity contribution in [2.75, 3.05) is 32.2 Å². The van der Waals surface area contributed by atoms with Gasteiger partial charge in [-0.2, -0.15) is 0 Å². The average molecular weight is 829 g/mol. The fourth-order valence-electron chi connectivity index (χ4n) is 8.63. The van der Waals surface area contributed by atoms with Gasteiger partial charge in [0.05, 0.1) is 43.7 Å². The van der Waals surface area contributed by atoms with Crippen molar-refractivity contribution in [1.82, 2.24) is 9.80 Å². The van der Waals surface area contributed by atoms with E-state index < -0.39 is 77.0 Å². The van der Waals surface area contributed by atoms with Gasteiger partial charge in [0.2, 0.25) is 11.8 Å². The Kier molecular flexibility index (Phi) is 12.8. The average Bonchev–Trinajstić information content (AvgIpc) is 3.83. The number of hydrogen-bond donors (Lipinski definition) is 1. The second kappa shape index (κ2) is 17.6. The van der Waals surface area contributed by atoms with Crippen LogP contribution in [0.4, 0.5) is 5.69 Å². The Balaban J connectivity index is 1.41. The van der Waals surface area contributed by atoms with Crippen LogP contribution in [0.5, 0.6) is 5.75 Å². The minimum atomic E-state index is -1.43. The van der Waals surface area contributed by atoms with Gasteiger partial charge in [0, 0.05) is 30.5 Å². The third-order valence-corrected chi connectivity index (χ3v) is 12.3. The van der Waals surface area contributed by atoms with E-state index in [4.69, 9.17) is 14.2 Å². The Morgan fingerprint density at radius 2 is 1.70 bits per heavy atom. The number of fused-ring (bicyclic) bond motifs is 1. The maximum atomic E-state index is 15.2. The lowest BCUT2D eigenvalue weighted by molar-refractivity contribution is -0.165. The van der Waals surface area contributed by atoms with E-state index in [2.05, 4.69) is 29.1 Å². The molecule has 1 N–H and O–H groups in total. The Labute approximate surface area is 337 Å². The van der Waals surface area contributed by atoms with Crippen LogP contribution in [-0.4, -0.2) is 101 Å². The summed E-state index contributed by atoms with van der Waals surface area (Å²) in [5, 5.41) is 11.0. The Morgan fingerprint density at radius 1 is 1.04 bits per heavy atom. The van der Waals surface area contributed by atoms with E-state index >= 15 is 9.59 Å². The highest BCUT2D eigenvalue weighted by atomic mass is 79.9. The highest BCUT2D eigenvalue weighted by Gasteiger charge is 2.77. The second-order valence-corrected chi connectivity index (χ2v) is 15.9. The first-order valence-corrected chi connectivity index (χ1v) is 19.9. The Hall–Kier alpha value is -4.78. The number of carbonyl (C=O) groups is 4. The number of hydrogen-bond acceptors (Lipinski definition) is 8. The van der Waals surface area contributed by atoms with Crippen molar-refractivity contribution in [2.45, 2.75) is 73.4 Å². The number of esters is 1. The smallest absolute Gasteiger partial charge is 0.313 e. The topological polar surface area (TPSA) is 126 Å². The largest absolute Gasteiger partial charge is 0.497 e.